The first kappa shape index (κ1) is 20.2. The van der Waals surface area contributed by atoms with Crippen molar-refractivity contribution in [3.63, 3.8) is 0 Å². The standard InChI is InChI=1S/C20H31N3O3/c1-14(2)23(19(25)26-20(4,5)6)18-16(10-9-12-21-18)17-11-7-8-13-22(17)15(3)24/h9-10,12,14,17H,7-8,11,13H2,1-6H3/t17-/m1/s1. The average molecular weight is 361 g/mol. The number of nitrogens with zero attached hydrogens (tertiary/aromatic N) is 3. The van der Waals surface area contributed by atoms with Crippen LogP contribution in [0.4, 0.5) is 10.6 Å². The largest absolute Gasteiger partial charge is 0.443 e. The molecule has 1 fully saturated rings. The van der Waals surface area contributed by atoms with Gasteiger partial charge in [-0.3, -0.25) is 9.69 Å². The van der Waals surface area contributed by atoms with Crippen LogP contribution in [-0.2, 0) is 9.53 Å². The highest BCUT2D eigenvalue weighted by Gasteiger charge is 2.33. The molecule has 2 amide bonds. The van der Waals surface area contributed by atoms with Crippen LogP contribution in [0.15, 0.2) is 18.3 Å². The molecule has 2 rings (SSSR count). The van der Waals surface area contributed by atoms with Crippen LogP contribution in [0.1, 0.15) is 72.4 Å². The van der Waals surface area contributed by atoms with Crippen molar-refractivity contribution in [2.75, 3.05) is 11.4 Å². The number of aromatic nitrogens is 1. The molecule has 26 heavy (non-hydrogen) atoms. The smallest absolute Gasteiger partial charge is 0.416 e. The molecular formula is C20H31N3O3. The molecular weight excluding hydrogens is 330 g/mol. The van der Waals surface area contributed by atoms with Crippen molar-refractivity contribution in [1.29, 1.82) is 0 Å². The van der Waals surface area contributed by atoms with Crippen LogP contribution in [-0.4, -0.2) is 40.1 Å². The number of carbonyl (C=O) groups is 2. The Labute approximate surface area is 156 Å². The van der Waals surface area contributed by atoms with E-state index in [1.54, 1.807) is 18.0 Å². The van der Waals surface area contributed by atoms with Gasteiger partial charge in [-0.25, -0.2) is 9.78 Å². The molecule has 1 aliphatic rings. The summed E-state index contributed by atoms with van der Waals surface area (Å²) in [5, 5.41) is 0. The Balaban J connectivity index is 2.45. The van der Waals surface area contributed by atoms with Crippen LogP contribution in [0.5, 0.6) is 0 Å². The average Bonchev–Trinajstić information content (AvgIpc) is 2.53. The first-order valence-corrected chi connectivity index (χ1v) is 9.36. The molecule has 0 bridgehead atoms. The van der Waals surface area contributed by atoms with Crippen molar-refractivity contribution < 1.29 is 14.3 Å². The Morgan fingerprint density at radius 1 is 1.31 bits per heavy atom. The summed E-state index contributed by atoms with van der Waals surface area (Å²) in [5.41, 5.74) is 0.317. The summed E-state index contributed by atoms with van der Waals surface area (Å²) in [6, 6.07) is 3.65. The number of amides is 2. The second-order valence-corrected chi connectivity index (χ2v) is 8.08. The van der Waals surface area contributed by atoms with Gasteiger partial charge in [-0.1, -0.05) is 6.07 Å². The molecule has 1 aromatic rings. The van der Waals surface area contributed by atoms with E-state index in [0.29, 0.717) is 5.82 Å². The van der Waals surface area contributed by atoms with Crippen LogP contribution in [0.25, 0.3) is 0 Å². The van der Waals surface area contributed by atoms with Crippen molar-refractivity contribution in [1.82, 2.24) is 9.88 Å². The van der Waals surface area contributed by atoms with Gasteiger partial charge in [0.15, 0.2) is 0 Å². The van der Waals surface area contributed by atoms with Gasteiger partial charge >= 0.3 is 6.09 Å². The van der Waals surface area contributed by atoms with Gasteiger partial charge in [-0.05, 0) is 59.9 Å². The second-order valence-electron chi connectivity index (χ2n) is 8.08. The molecule has 1 atom stereocenters. The molecule has 1 aliphatic heterocycles. The molecule has 0 aromatic carbocycles. The molecule has 0 aliphatic carbocycles. The van der Waals surface area contributed by atoms with Crippen LogP contribution in [0.2, 0.25) is 0 Å². The Hall–Kier alpha value is -2.11. The normalized spacial score (nSPS) is 18.0. The highest BCUT2D eigenvalue weighted by molar-refractivity contribution is 5.88. The summed E-state index contributed by atoms with van der Waals surface area (Å²) >= 11 is 0. The zero-order valence-electron chi connectivity index (χ0n) is 16.8. The number of pyridine rings is 1. The fourth-order valence-electron chi connectivity index (χ4n) is 3.36. The quantitative estimate of drug-likeness (QED) is 0.805. The fraction of sp³-hybridized carbons (Fsp3) is 0.650. The van der Waals surface area contributed by atoms with Crippen molar-refractivity contribution >= 4 is 17.8 Å². The monoisotopic (exact) mass is 361 g/mol. The summed E-state index contributed by atoms with van der Waals surface area (Å²) in [5.74, 6) is 0.632. The minimum absolute atomic E-state index is 0.0536. The number of piperidine rings is 1. The van der Waals surface area contributed by atoms with Gasteiger partial charge < -0.3 is 9.64 Å². The van der Waals surface area contributed by atoms with E-state index in [-0.39, 0.29) is 18.0 Å². The van der Waals surface area contributed by atoms with Crippen molar-refractivity contribution in [2.45, 2.75) is 78.5 Å². The Morgan fingerprint density at radius 2 is 2.00 bits per heavy atom. The number of rotatable bonds is 3. The predicted octanol–water partition coefficient (Wildman–Crippen LogP) is 4.31. The zero-order chi connectivity index (χ0) is 19.5. The second kappa shape index (κ2) is 8.06. The topological polar surface area (TPSA) is 62.7 Å². The SMILES string of the molecule is CC(=O)N1CCCC[C@@H]1c1cccnc1N(C(=O)OC(C)(C)C)C(C)C. The number of hydrogen-bond donors (Lipinski definition) is 0. The summed E-state index contributed by atoms with van der Waals surface area (Å²) in [6.45, 7) is 11.8. The number of carbonyl (C=O) groups excluding carboxylic acids is 2. The lowest BCUT2D eigenvalue weighted by Crippen LogP contribution is -2.43. The van der Waals surface area contributed by atoms with E-state index in [0.717, 1.165) is 31.4 Å². The van der Waals surface area contributed by atoms with E-state index in [4.69, 9.17) is 4.74 Å². The Bertz CT molecular complexity index is 652. The van der Waals surface area contributed by atoms with Gasteiger partial charge in [0.25, 0.3) is 0 Å². The van der Waals surface area contributed by atoms with E-state index < -0.39 is 11.7 Å². The van der Waals surface area contributed by atoms with Gasteiger partial charge in [-0.2, -0.15) is 0 Å². The van der Waals surface area contributed by atoms with Crippen LogP contribution in [0, 0.1) is 0 Å². The molecule has 2 heterocycles. The Kier molecular flexibility index (Phi) is 6.26. The third-order valence-electron chi connectivity index (χ3n) is 4.42. The molecule has 0 unspecified atom stereocenters. The first-order valence-electron chi connectivity index (χ1n) is 9.36. The lowest BCUT2D eigenvalue weighted by Gasteiger charge is -2.38. The Morgan fingerprint density at radius 3 is 2.58 bits per heavy atom. The van der Waals surface area contributed by atoms with Crippen LogP contribution >= 0.6 is 0 Å². The summed E-state index contributed by atoms with van der Waals surface area (Å²) in [6.07, 6.45) is 4.19. The van der Waals surface area contributed by atoms with Gasteiger partial charge in [0.2, 0.25) is 5.91 Å². The molecule has 0 spiro atoms. The molecule has 6 nitrogen and oxygen atoms in total. The summed E-state index contributed by atoms with van der Waals surface area (Å²) in [4.78, 5) is 32.9. The highest BCUT2D eigenvalue weighted by Crippen LogP contribution is 2.36. The molecule has 1 saturated heterocycles. The molecule has 6 heteroatoms. The fourth-order valence-corrected chi connectivity index (χ4v) is 3.36. The third-order valence-corrected chi connectivity index (χ3v) is 4.42. The summed E-state index contributed by atoms with van der Waals surface area (Å²) < 4.78 is 5.60. The van der Waals surface area contributed by atoms with E-state index in [1.165, 1.54) is 0 Å². The van der Waals surface area contributed by atoms with Gasteiger partial charge in [0.1, 0.15) is 11.4 Å². The summed E-state index contributed by atoms with van der Waals surface area (Å²) in [7, 11) is 0. The van der Waals surface area contributed by atoms with Crippen molar-refractivity contribution in [3.05, 3.63) is 23.9 Å². The van der Waals surface area contributed by atoms with Gasteiger partial charge in [-0.15, -0.1) is 0 Å². The maximum atomic E-state index is 12.8. The molecule has 0 radical (unpaired) electrons. The maximum Gasteiger partial charge on any atom is 0.416 e. The van der Waals surface area contributed by atoms with Crippen molar-refractivity contribution in [2.24, 2.45) is 0 Å². The number of ether oxygens (including phenoxy) is 1. The minimum Gasteiger partial charge on any atom is -0.443 e. The van der Waals surface area contributed by atoms with Crippen LogP contribution in [0.3, 0.4) is 0 Å². The molecule has 144 valence electrons. The van der Waals surface area contributed by atoms with Gasteiger partial charge in [0.05, 0.1) is 6.04 Å². The number of likely N-dealkylation sites (tertiary alicyclic amines) is 1. The van der Waals surface area contributed by atoms with E-state index in [2.05, 4.69) is 4.98 Å². The number of anilines is 1. The maximum absolute atomic E-state index is 12.8. The molecule has 0 saturated carbocycles. The molecule has 1 aromatic heterocycles. The lowest BCUT2D eigenvalue weighted by molar-refractivity contribution is -0.132. The lowest BCUT2D eigenvalue weighted by atomic mass is 9.95. The van der Waals surface area contributed by atoms with Gasteiger partial charge in [0, 0.05) is 31.3 Å². The zero-order valence-corrected chi connectivity index (χ0v) is 16.8. The van der Waals surface area contributed by atoms with E-state index >= 15 is 0 Å². The van der Waals surface area contributed by atoms with E-state index in [1.807, 2.05) is 51.7 Å². The van der Waals surface area contributed by atoms with Crippen molar-refractivity contribution in [3.8, 4) is 0 Å². The first-order chi connectivity index (χ1) is 12.1. The van der Waals surface area contributed by atoms with Crippen LogP contribution < -0.4 is 4.90 Å². The predicted molar refractivity (Wildman–Crippen MR) is 102 cm³/mol. The van der Waals surface area contributed by atoms with E-state index in [9.17, 15) is 9.59 Å². The minimum atomic E-state index is -0.588. The molecule has 0 N–H and O–H groups in total. The number of hydrogen-bond acceptors (Lipinski definition) is 4. The third kappa shape index (κ3) is 4.74. The highest BCUT2D eigenvalue weighted by atomic mass is 16.6.